The lowest BCUT2D eigenvalue weighted by molar-refractivity contribution is -0.0626. The van der Waals surface area contributed by atoms with Gasteiger partial charge in [0.05, 0.1) is 6.04 Å². The molecule has 0 aromatic heterocycles. The molecule has 0 aliphatic carbocycles. The second kappa shape index (κ2) is 8.44. The van der Waals surface area contributed by atoms with E-state index in [1.165, 1.54) is 11.0 Å². The molecule has 0 bridgehead atoms. The summed E-state index contributed by atoms with van der Waals surface area (Å²) >= 11 is 0. The fourth-order valence-corrected chi connectivity index (χ4v) is 3.63. The quantitative estimate of drug-likeness (QED) is 0.751. The van der Waals surface area contributed by atoms with Gasteiger partial charge in [-0.25, -0.2) is 9.18 Å². The van der Waals surface area contributed by atoms with E-state index in [0.29, 0.717) is 32.4 Å². The molecule has 1 unspecified atom stereocenters. The molecule has 1 aromatic carbocycles. The third kappa shape index (κ3) is 4.05. The van der Waals surface area contributed by atoms with Crippen molar-refractivity contribution in [1.29, 1.82) is 0 Å². The molecule has 3 N–H and O–H groups in total. The number of nitrogens with zero attached hydrogens (tertiary/aromatic N) is 1. The summed E-state index contributed by atoms with van der Waals surface area (Å²) in [6.07, 6.45) is 4.11. The lowest BCUT2D eigenvalue weighted by atomic mass is 9.77. The maximum atomic E-state index is 14.4. The predicted molar refractivity (Wildman–Crippen MR) is 90.0 cm³/mol. The summed E-state index contributed by atoms with van der Waals surface area (Å²) in [5.41, 5.74) is 4.30. The average Bonchev–Trinajstić information content (AvgIpc) is 2.59. The molecule has 134 valence electrons. The van der Waals surface area contributed by atoms with Crippen LogP contribution in [0.3, 0.4) is 0 Å². The van der Waals surface area contributed by atoms with E-state index >= 15 is 0 Å². The van der Waals surface area contributed by atoms with Crippen molar-refractivity contribution in [2.24, 2.45) is 5.73 Å². The molecule has 2 amide bonds. The topological polar surface area (TPSA) is 75.8 Å². The molecule has 1 saturated heterocycles. The molecule has 5 nitrogen and oxygen atoms in total. The van der Waals surface area contributed by atoms with Crippen molar-refractivity contribution in [3.63, 3.8) is 0 Å². The number of hydrogen-bond acceptors (Lipinski definition) is 3. The smallest absolute Gasteiger partial charge is 0.315 e. The van der Waals surface area contributed by atoms with Gasteiger partial charge in [0, 0.05) is 25.8 Å². The standard InChI is InChI=1S/C18H27FN2O3/c1-24-13-7-5-11-18(23,14-8-2-3-9-15(14)19)16-10-4-6-12-21(16)17(20)22/h2-3,8-9,16,23H,4-7,10-13H2,1H3,(H2,20,22)/t16?,18-/m0/s1. The molecule has 1 heterocycles. The highest BCUT2D eigenvalue weighted by Crippen LogP contribution is 2.39. The number of unbranched alkanes of at least 4 members (excludes halogenated alkanes) is 1. The van der Waals surface area contributed by atoms with E-state index in [0.717, 1.165) is 19.3 Å². The number of aliphatic hydroxyl groups is 1. The van der Waals surface area contributed by atoms with Gasteiger partial charge >= 0.3 is 6.03 Å². The van der Waals surface area contributed by atoms with Gasteiger partial charge in [-0.05, 0) is 44.6 Å². The highest BCUT2D eigenvalue weighted by molar-refractivity contribution is 5.72. The number of amides is 2. The van der Waals surface area contributed by atoms with Crippen molar-refractivity contribution >= 4 is 6.03 Å². The molecule has 6 heteroatoms. The Kier molecular flexibility index (Phi) is 6.57. The largest absolute Gasteiger partial charge is 0.385 e. The van der Waals surface area contributed by atoms with Crippen LogP contribution in [-0.4, -0.2) is 42.3 Å². The third-order valence-electron chi connectivity index (χ3n) is 4.83. The van der Waals surface area contributed by atoms with Gasteiger partial charge in [-0.15, -0.1) is 0 Å². The molecular formula is C18H27FN2O3. The van der Waals surface area contributed by atoms with Gasteiger partial charge in [0.2, 0.25) is 0 Å². The number of carbonyl (C=O) groups is 1. The van der Waals surface area contributed by atoms with E-state index in [1.54, 1.807) is 25.3 Å². The van der Waals surface area contributed by atoms with Crippen LogP contribution in [0.4, 0.5) is 9.18 Å². The zero-order chi connectivity index (χ0) is 17.6. The molecule has 1 fully saturated rings. The Morgan fingerprint density at radius 3 is 2.83 bits per heavy atom. The second-order valence-corrected chi connectivity index (χ2v) is 6.40. The van der Waals surface area contributed by atoms with Gasteiger partial charge in [0.25, 0.3) is 0 Å². The van der Waals surface area contributed by atoms with Crippen LogP contribution in [0.5, 0.6) is 0 Å². The fourth-order valence-electron chi connectivity index (χ4n) is 3.63. The fraction of sp³-hybridized carbons (Fsp3) is 0.611. The molecule has 0 spiro atoms. The minimum atomic E-state index is -1.45. The first-order chi connectivity index (χ1) is 11.5. The minimum Gasteiger partial charge on any atom is -0.385 e. The lowest BCUT2D eigenvalue weighted by Crippen LogP contribution is -2.57. The normalized spacial score (nSPS) is 20.6. The molecule has 1 aromatic rings. The molecular weight excluding hydrogens is 311 g/mol. The highest BCUT2D eigenvalue weighted by atomic mass is 19.1. The molecule has 1 aliphatic rings. The summed E-state index contributed by atoms with van der Waals surface area (Å²) in [4.78, 5) is 13.3. The minimum absolute atomic E-state index is 0.237. The van der Waals surface area contributed by atoms with Crippen molar-refractivity contribution in [2.45, 2.75) is 50.2 Å². The third-order valence-corrected chi connectivity index (χ3v) is 4.83. The highest BCUT2D eigenvalue weighted by Gasteiger charge is 2.45. The Morgan fingerprint density at radius 2 is 2.17 bits per heavy atom. The van der Waals surface area contributed by atoms with Gasteiger partial charge in [0.15, 0.2) is 0 Å². The maximum absolute atomic E-state index is 14.4. The number of carbonyl (C=O) groups excluding carboxylic acids is 1. The Bertz CT molecular complexity index is 555. The van der Waals surface area contributed by atoms with Crippen LogP contribution in [0.2, 0.25) is 0 Å². The van der Waals surface area contributed by atoms with Crippen LogP contribution in [0, 0.1) is 5.82 Å². The lowest BCUT2D eigenvalue weighted by Gasteiger charge is -2.45. The summed E-state index contributed by atoms with van der Waals surface area (Å²) in [5, 5.41) is 11.5. The van der Waals surface area contributed by atoms with Crippen LogP contribution in [-0.2, 0) is 10.3 Å². The van der Waals surface area contributed by atoms with Gasteiger partial charge in [0.1, 0.15) is 11.4 Å². The summed E-state index contributed by atoms with van der Waals surface area (Å²) < 4.78 is 19.5. The van der Waals surface area contributed by atoms with Gasteiger partial charge < -0.3 is 20.5 Å². The summed E-state index contributed by atoms with van der Waals surface area (Å²) in [6, 6.07) is 5.16. The van der Waals surface area contributed by atoms with Crippen LogP contribution >= 0.6 is 0 Å². The Balaban J connectivity index is 2.34. The van der Waals surface area contributed by atoms with E-state index in [4.69, 9.17) is 10.5 Å². The van der Waals surface area contributed by atoms with Crippen molar-refractivity contribution in [3.05, 3.63) is 35.6 Å². The number of halogens is 1. The maximum Gasteiger partial charge on any atom is 0.315 e. The van der Waals surface area contributed by atoms with E-state index in [1.807, 2.05) is 0 Å². The Labute approximate surface area is 142 Å². The van der Waals surface area contributed by atoms with Crippen molar-refractivity contribution in [1.82, 2.24) is 4.90 Å². The first kappa shape index (κ1) is 18.7. The molecule has 0 saturated carbocycles. The van der Waals surface area contributed by atoms with Crippen molar-refractivity contribution in [2.75, 3.05) is 20.3 Å². The van der Waals surface area contributed by atoms with Gasteiger partial charge in [-0.3, -0.25) is 0 Å². The number of urea groups is 1. The zero-order valence-electron chi connectivity index (χ0n) is 14.2. The Morgan fingerprint density at radius 1 is 1.42 bits per heavy atom. The van der Waals surface area contributed by atoms with E-state index in [-0.39, 0.29) is 5.56 Å². The number of methoxy groups -OCH3 is 1. The number of nitrogens with two attached hydrogens (primary N) is 1. The number of primary amides is 1. The first-order valence-electron chi connectivity index (χ1n) is 8.53. The molecule has 24 heavy (non-hydrogen) atoms. The predicted octanol–water partition coefficient (Wildman–Crippen LogP) is 2.76. The molecule has 2 rings (SSSR count). The van der Waals surface area contributed by atoms with Crippen molar-refractivity contribution in [3.8, 4) is 0 Å². The van der Waals surface area contributed by atoms with E-state index in [9.17, 15) is 14.3 Å². The number of benzene rings is 1. The SMILES string of the molecule is COCCCC[C@](O)(c1ccccc1F)C1CCCCN1C(N)=O. The van der Waals surface area contributed by atoms with Crippen LogP contribution < -0.4 is 5.73 Å². The second-order valence-electron chi connectivity index (χ2n) is 6.40. The number of likely N-dealkylation sites (tertiary alicyclic amines) is 1. The summed E-state index contributed by atoms with van der Waals surface area (Å²) in [5.74, 6) is -0.457. The van der Waals surface area contributed by atoms with E-state index in [2.05, 4.69) is 0 Å². The van der Waals surface area contributed by atoms with E-state index < -0.39 is 23.5 Å². The van der Waals surface area contributed by atoms with Gasteiger partial charge in [-0.1, -0.05) is 18.2 Å². The zero-order valence-corrected chi connectivity index (χ0v) is 14.2. The summed E-state index contributed by atoms with van der Waals surface area (Å²) in [7, 11) is 1.62. The Hall–Kier alpha value is -1.66. The van der Waals surface area contributed by atoms with Crippen LogP contribution in [0.25, 0.3) is 0 Å². The van der Waals surface area contributed by atoms with Crippen LogP contribution in [0.1, 0.15) is 44.1 Å². The van der Waals surface area contributed by atoms with Crippen molar-refractivity contribution < 1.29 is 19.0 Å². The number of ether oxygens (including phenoxy) is 1. The van der Waals surface area contributed by atoms with Gasteiger partial charge in [-0.2, -0.15) is 0 Å². The molecule has 2 atom stereocenters. The summed E-state index contributed by atoms with van der Waals surface area (Å²) in [6.45, 7) is 1.08. The van der Waals surface area contributed by atoms with Crippen LogP contribution in [0.15, 0.2) is 24.3 Å². The average molecular weight is 338 g/mol. The monoisotopic (exact) mass is 338 g/mol. The molecule has 1 aliphatic heterocycles. The number of piperidine rings is 1. The molecule has 0 radical (unpaired) electrons. The number of rotatable bonds is 7. The number of hydrogen-bond donors (Lipinski definition) is 2. The first-order valence-corrected chi connectivity index (χ1v) is 8.53.